The number of H-pyrrole nitrogens is 1. The predicted molar refractivity (Wildman–Crippen MR) is 88.9 cm³/mol. The van der Waals surface area contributed by atoms with Gasteiger partial charge in [-0.15, -0.1) is 0 Å². The van der Waals surface area contributed by atoms with Crippen LogP contribution in [0.4, 0.5) is 0 Å². The lowest BCUT2D eigenvalue weighted by atomic mass is 9.96. The van der Waals surface area contributed by atoms with E-state index >= 15 is 0 Å². The lowest BCUT2D eigenvalue weighted by molar-refractivity contribution is -0.183. The molecule has 140 valence electrons. The van der Waals surface area contributed by atoms with Gasteiger partial charge in [0.05, 0.1) is 38.2 Å². The molecule has 8 nitrogen and oxygen atoms in total. The molecule has 1 fully saturated rings. The zero-order chi connectivity index (χ0) is 18.4. The number of aliphatic hydroxyl groups is 1. The third kappa shape index (κ3) is 4.59. The highest BCUT2D eigenvalue weighted by Gasteiger charge is 2.43. The first-order valence-electron chi connectivity index (χ1n) is 8.42. The number of hydrogen-bond donors (Lipinski definition) is 3. The second kappa shape index (κ2) is 8.46. The van der Waals surface area contributed by atoms with Crippen LogP contribution in [0.3, 0.4) is 0 Å². The largest absolute Gasteiger partial charge is 0.464 e. The molecular weight excluding hydrogens is 328 g/mol. The van der Waals surface area contributed by atoms with Crippen LogP contribution in [-0.2, 0) is 24.8 Å². The number of methoxy groups -OCH3 is 1. The van der Waals surface area contributed by atoms with Crippen molar-refractivity contribution in [3.8, 4) is 0 Å². The van der Waals surface area contributed by atoms with Gasteiger partial charge in [-0.1, -0.05) is 13.3 Å². The van der Waals surface area contributed by atoms with Gasteiger partial charge in [0, 0.05) is 13.3 Å². The number of amides is 1. The fourth-order valence-electron chi connectivity index (χ4n) is 3.02. The standard InChI is InChI=1S/C17H26N2O6/c1-4-5-14(21)13(18-11(2)20)10-17(24-8-9-25-17)15-7-6-12(19-15)16(22)23-3/h6-7,13-14,19,21H,4-5,8-10H2,1-3H3,(H,18,20). The van der Waals surface area contributed by atoms with Crippen LogP contribution in [0.15, 0.2) is 12.1 Å². The average Bonchev–Trinajstić information content (AvgIpc) is 3.23. The fourth-order valence-corrected chi connectivity index (χ4v) is 3.02. The maximum Gasteiger partial charge on any atom is 0.354 e. The molecule has 1 aliphatic heterocycles. The van der Waals surface area contributed by atoms with Crippen LogP contribution in [0.1, 0.15) is 49.3 Å². The van der Waals surface area contributed by atoms with Gasteiger partial charge < -0.3 is 29.6 Å². The summed E-state index contributed by atoms with van der Waals surface area (Å²) in [6, 6.07) is 2.73. The normalized spacial score (nSPS) is 18.6. The molecular formula is C17H26N2O6. The maximum absolute atomic E-state index is 11.7. The summed E-state index contributed by atoms with van der Waals surface area (Å²) in [5.74, 6) is -1.90. The van der Waals surface area contributed by atoms with Crippen molar-refractivity contribution in [1.82, 2.24) is 10.3 Å². The Bertz CT molecular complexity index is 594. The van der Waals surface area contributed by atoms with Crippen LogP contribution in [0, 0.1) is 0 Å². The van der Waals surface area contributed by atoms with Gasteiger partial charge in [0.1, 0.15) is 5.69 Å². The highest BCUT2D eigenvalue weighted by atomic mass is 16.7. The van der Waals surface area contributed by atoms with Crippen LogP contribution >= 0.6 is 0 Å². The second-order valence-corrected chi connectivity index (χ2v) is 6.09. The SMILES string of the molecule is CCCC(O)C(CC1(c2ccc(C(=O)OC)[nH]2)OCCO1)NC(C)=O. The number of rotatable bonds is 8. The molecule has 2 unspecified atom stereocenters. The van der Waals surface area contributed by atoms with Gasteiger partial charge in [0.15, 0.2) is 0 Å². The van der Waals surface area contributed by atoms with Crippen LogP contribution < -0.4 is 5.32 Å². The van der Waals surface area contributed by atoms with Crippen molar-refractivity contribution in [1.29, 1.82) is 0 Å². The number of carbonyl (C=O) groups excluding carboxylic acids is 2. The van der Waals surface area contributed by atoms with Crippen LogP contribution in [0.2, 0.25) is 0 Å². The summed E-state index contributed by atoms with van der Waals surface area (Å²) in [6.45, 7) is 4.12. The van der Waals surface area contributed by atoms with Crippen LogP contribution in [-0.4, -0.2) is 54.4 Å². The predicted octanol–water partition coefficient (Wildman–Crippen LogP) is 1.06. The monoisotopic (exact) mass is 354 g/mol. The van der Waals surface area contributed by atoms with E-state index in [1.165, 1.54) is 14.0 Å². The van der Waals surface area contributed by atoms with Crippen LogP contribution in [0.25, 0.3) is 0 Å². The van der Waals surface area contributed by atoms with E-state index in [-0.39, 0.29) is 18.0 Å². The third-order valence-corrected chi connectivity index (χ3v) is 4.18. The Morgan fingerprint density at radius 3 is 2.64 bits per heavy atom. The molecule has 25 heavy (non-hydrogen) atoms. The van der Waals surface area contributed by atoms with E-state index in [1.807, 2.05) is 6.92 Å². The van der Waals surface area contributed by atoms with E-state index < -0.39 is 23.9 Å². The lowest BCUT2D eigenvalue weighted by Gasteiger charge is -2.33. The van der Waals surface area contributed by atoms with E-state index in [9.17, 15) is 14.7 Å². The summed E-state index contributed by atoms with van der Waals surface area (Å²) in [4.78, 5) is 26.2. The van der Waals surface area contributed by atoms with Gasteiger partial charge in [0.25, 0.3) is 0 Å². The molecule has 1 saturated heterocycles. The molecule has 0 aromatic carbocycles. The van der Waals surface area contributed by atoms with Crippen molar-refractivity contribution in [3.05, 3.63) is 23.5 Å². The zero-order valence-corrected chi connectivity index (χ0v) is 14.8. The number of carbonyl (C=O) groups is 2. The minimum absolute atomic E-state index is 0.217. The van der Waals surface area contributed by atoms with Gasteiger partial charge in [0.2, 0.25) is 11.7 Å². The van der Waals surface area contributed by atoms with Gasteiger partial charge >= 0.3 is 5.97 Å². The molecule has 3 N–H and O–H groups in total. The molecule has 1 aromatic heterocycles. The molecule has 1 amide bonds. The van der Waals surface area contributed by atoms with E-state index in [1.54, 1.807) is 12.1 Å². The van der Waals surface area contributed by atoms with Crippen molar-refractivity contribution >= 4 is 11.9 Å². The highest BCUT2D eigenvalue weighted by Crippen LogP contribution is 2.36. The van der Waals surface area contributed by atoms with Crippen molar-refractivity contribution < 1.29 is 28.9 Å². The van der Waals surface area contributed by atoms with Gasteiger partial charge in [-0.3, -0.25) is 4.79 Å². The maximum atomic E-state index is 11.7. The number of hydrogen-bond acceptors (Lipinski definition) is 6. The highest BCUT2D eigenvalue weighted by molar-refractivity contribution is 5.87. The van der Waals surface area contributed by atoms with Gasteiger partial charge in [-0.05, 0) is 18.6 Å². The van der Waals surface area contributed by atoms with E-state index in [0.29, 0.717) is 25.3 Å². The first-order chi connectivity index (χ1) is 11.9. The zero-order valence-electron chi connectivity index (χ0n) is 14.8. The molecule has 8 heteroatoms. The van der Waals surface area contributed by atoms with E-state index in [2.05, 4.69) is 10.3 Å². The Labute approximate surface area is 146 Å². The molecule has 2 atom stereocenters. The topological polar surface area (TPSA) is 110 Å². The fraction of sp³-hybridized carbons (Fsp3) is 0.647. The van der Waals surface area contributed by atoms with Crippen LogP contribution in [0.5, 0.6) is 0 Å². The lowest BCUT2D eigenvalue weighted by Crippen LogP contribution is -2.47. The summed E-state index contributed by atoms with van der Waals surface area (Å²) in [7, 11) is 1.30. The molecule has 0 radical (unpaired) electrons. The quantitative estimate of drug-likeness (QED) is 0.602. The summed E-state index contributed by atoms with van der Waals surface area (Å²) < 4.78 is 16.4. The number of ether oxygens (including phenoxy) is 3. The second-order valence-electron chi connectivity index (χ2n) is 6.09. The number of aromatic nitrogens is 1. The molecule has 0 aliphatic carbocycles. The summed E-state index contributed by atoms with van der Waals surface area (Å²) in [5.41, 5.74) is 0.825. The molecule has 2 heterocycles. The average molecular weight is 354 g/mol. The Balaban J connectivity index is 2.26. The Morgan fingerprint density at radius 1 is 1.40 bits per heavy atom. The summed E-state index contributed by atoms with van der Waals surface area (Å²) >= 11 is 0. The molecule has 0 bridgehead atoms. The van der Waals surface area contributed by atoms with Gasteiger partial charge in [-0.2, -0.15) is 0 Å². The molecule has 1 aliphatic rings. The smallest absolute Gasteiger partial charge is 0.354 e. The molecule has 2 rings (SSSR count). The van der Waals surface area contributed by atoms with E-state index in [4.69, 9.17) is 14.2 Å². The Morgan fingerprint density at radius 2 is 2.08 bits per heavy atom. The molecule has 0 saturated carbocycles. The minimum atomic E-state index is -1.16. The molecule has 1 aromatic rings. The van der Waals surface area contributed by atoms with Crippen molar-refractivity contribution in [2.24, 2.45) is 0 Å². The van der Waals surface area contributed by atoms with Gasteiger partial charge in [-0.25, -0.2) is 4.79 Å². The number of nitrogens with one attached hydrogen (secondary N) is 2. The number of aliphatic hydroxyl groups excluding tert-OH is 1. The van der Waals surface area contributed by atoms with Crippen molar-refractivity contribution in [2.45, 2.75) is 51.0 Å². The first-order valence-corrected chi connectivity index (χ1v) is 8.42. The Hall–Kier alpha value is -1.90. The number of aromatic amines is 1. The first kappa shape index (κ1) is 19.4. The van der Waals surface area contributed by atoms with Crippen molar-refractivity contribution in [3.63, 3.8) is 0 Å². The van der Waals surface area contributed by atoms with E-state index in [0.717, 1.165) is 6.42 Å². The third-order valence-electron chi connectivity index (χ3n) is 4.18. The number of esters is 1. The minimum Gasteiger partial charge on any atom is -0.464 e. The summed E-state index contributed by atoms with van der Waals surface area (Å²) in [5, 5.41) is 13.2. The Kier molecular flexibility index (Phi) is 6.57. The summed E-state index contributed by atoms with van der Waals surface area (Å²) in [6.07, 6.45) is 0.809. The molecule has 0 spiro atoms. The van der Waals surface area contributed by atoms with Crippen molar-refractivity contribution in [2.75, 3.05) is 20.3 Å².